The summed E-state index contributed by atoms with van der Waals surface area (Å²) in [4.78, 5) is 24.6. The van der Waals surface area contributed by atoms with E-state index in [1.165, 1.54) is 18.2 Å². The molecule has 110 valence electrons. The number of aromatic carboxylic acids is 1. The van der Waals surface area contributed by atoms with E-state index in [0.29, 0.717) is 12.2 Å². The first-order valence-electron chi connectivity index (χ1n) is 6.50. The van der Waals surface area contributed by atoms with Crippen molar-refractivity contribution in [2.75, 3.05) is 11.9 Å². The number of nitriles is 1. The molecule has 1 aliphatic rings. The third kappa shape index (κ3) is 3.86. The molecule has 0 saturated heterocycles. The standard InChI is InChI=1S/C14H14ClN3O3/c15-11-8-9(13(19)20)2-5-12(11)17-14(21)18(7-1-6-16)10-3-4-10/h2,5,8,10H,1,3-4,7H2,(H,17,21)(H,19,20). The minimum absolute atomic E-state index is 0.0570. The molecule has 0 atom stereocenters. The van der Waals surface area contributed by atoms with Crippen LogP contribution in [0.4, 0.5) is 10.5 Å². The molecule has 0 aromatic heterocycles. The lowest BCUT2D eigenvalue weighted by Gasteiger charge is -2.22. The van der Waals surface area contributed by atoms with E-state index in [2.05, 4.69) is 5.32 Å². The van der Waals surface area contributed by atoms with Crippen molar-refractivity contribution in [3.05, 3.63) is 28.8 Å². The molecule has 1 aliphatic carbocycles. The number of carbonyl (C=O) groups excluding carboxylic acids is 1. The van der Waals surface area contributed by atoms with E-state index >= 15 is 0 Å². The van der Waals surface area contributed by atoms with Gasteiger partial charge in [-0.3, -0.25) is 0 Å². The quantitative estimate of drug-likeness (QED) is 0.874. The molecule has 1 fully saturated rings. The summed E-state index contributed by atoms with van der Waals surface area (Å²) < 4.78 is 0. The van der Waals surface area contributed by atoms with Crippen LogP contribution in [0.5, 0.6) is 0 Å². The molecule has 2 rings (SSSR count). The smallest absolute Gasteiger partial charge is 0.335 e. The van der Waals surface area contributed by atoms with Gasteiger partial charge in [0.05, 0.1) is 28.8 Å². The Bertz CT molecular complexity index is 608. The lowest BCUT2D eigenvalue weighted by molar-refractivity contribution is 0.0697. The van der Waals surface area contributed by atoms with Crippen molar-refractivity contribution in [1.29, 1.82) is 5.26 Å². The van der Waals surface area contributed by atoms with Crippen molar-refractivity contribution in [2.24, 2.45) is 0 Å². The van der Waals surface area contributed by atoms with E-state index in [-0.39, 0.29) is 29.1 Å². The van der Waals surface area contributed by atoms with Crippen LogP contribution in [0.1, 0.15) is 29.6 Å². The molecule has 21 heavy (non-hydrogen) atoms. The van der Waals surface area contributed by atoms with Crippen LogP contribution in [0.3, 0.4) is 0 Å². The predicted molar refractivity (Wildman–Crippen MR) is 77.4 cm³/mol. The van der Waals surface area contributed by atoms with E-state index in [9.17, 15) is 9.59 Å². The van der Waals surface area contributed by atoms with Gasteiger partial charge in [-0.25, -0.2) is 9.59 Å². The van der Waals surface area contributed by atoms with Crippen LogP contribution >= 0.6 is 11.6 Å². The van der Waals surface area contributed by atoms with Gasteiger partial charge in [0.2, 0.25) is 0 Å². The Hall–Kier alpha value is -2.26. The van der Waals surface area contributed by atoms with E-state index in [1.54, 1.807) is 4.90 Å². The summed E-state index contributed by atoms with van der Waals surface area (Å²) in [5.74, 6) is -1.08. The Morgan fingerprint density at radius 1 is 1.48 bits per heavy atom. The molecule has 1 aromatic rings. The number of carboxylic acid groups (broad SMARTS) is 1. The van der Waals surface area contributed by atoms with Crippen molar-refractivity contribution in [3.63, 3.8) is 0 Å². The second-order valence-electron chi connectivity index (χ2n) is 4.76. The van der Waals surface area contributed by atoms with Crippen LogP contribution in [-0.2, 0) is 0 Å². The van der Waals surface area contributed by atoms with Gasteiger partial charge in [0.25, 0.3) is 0 Å². The molecule has 0 unspecified atom stereocenters. The highest BCUT2D eigenvalue weighted by Crippen LogP contribution is 2.29. The number of hydrogen-bond acceptors (Lipinski definition) is 3. The number of anilines is 1. The zero-order valence-electron chi connectivity index (χ0n) is 11.2. The zero-order chi connectivity index (χ0) is 15.4. The second-order valence-corrected chi connectivity index (χ2v) is 5.17. The SMILES string of the molecule is N#CCCN(C(=O)Nc1ccc(C(=O)O)cc1Cl)C1CC1. The summed E-state index contributed by atoms with van der Waals surface area (Å²) in [6.07, 6.45) is 2.14. The Morgan fingerprint density at radius 2 is 2.19 bits per heavy atom. The molecule has 2 amide bonds. The van der Waals surface area contributed by atoms with Crippen molar-refractivity contribution in [2.45, 2.75) is 25.3 Å². The highest BCUT2D eigenvalue weighted by molar-refractivity contribution is 6.34. The number of benzene rings is 1. The largest absolute Gasteiger partial charge is 0.478 e. The summed E-state index contributed by atoms with van der Waals surface area (Å²) >= 11 is 5.97. The molecule has 0 aliphatic heterocycles. The molecule has 2 N–H and O–H groups in total. The van der Waals surface area contributed by atoms with Gasteiger partial charge in [-0.2, -0.15) is 5.26 Å². The van der Waals surface area contributed by atoms with E-state index < -0.39 is 5.97 Å². The fourth-order valence-electron chi connectivity index (χ4n) is 1.94. The lowest BCUT2D eigenvalue weighted by atomic mass is 10.2. The second kappa shape index (κ2) is 6.46. The Balaban J connectivity index is 2.07. The van der Waals surface area contributed by atoms with Crippen LogP contribution < -0.4 is 5.32 Å². The first-order valence-corrected chi connectivity index (χ1v) is 6.88. The third-order valence-corrected chi connectivity index (χ3v) is 3.48. The van der Waals surface area contributed by atoms with Crippen LogP contribution in [0.2, 0.25) is 5.02 Å². The minimum Gasteiger partial charge on any atom is -0.478 e. The maximum atomic E-state index is 12.2. The van der Waals surface area contributed by atoms with Crippen LogP contribution in [0, 0.1) is 11.3 Å². The Kier molecular flexibility index (Phi) is 4.66. The fraction of sp³-hybridized carbons (Fsp3) is 0.357. The molecular formula is C14H14ClN3O3. The lowest BCUT2D eigenvalue weighted by Crippen LogP contribution is -2.37. The number of nitrogens with zero attached hydrogens (tertiary/aromatic N) is 2. The minimum atomic E-state index is -1.08. The summed E-state index contributed by atoms with van der Waals surface area (Å²) in [6, 6.07) is 5.99. The summed E-state index contributed by atoms with van der Waals surface area (Å²) in [7, 11) is 0. The van der Waals surface area contributed by atoms with Gasteiger partial charge in [-0.15, -0.1) is 0 Å². The van der Waals surface area contributed by atoms with Crippen LogP contribution in [-0.4, -0.2) is 34.6 Å². The molecule has 6 nitrogen and oxygen atoms in total. The molecule has 0 heterocycles. The summed E-state index contributed by atoms with van der Waals surface area (Å²) in [5.41, 5.74) is 0.413. The van der Waals surface area contributed by atoms with Gasteiger partial charge in [0.15, 0.2) is 0 Å². The number of urea groups is 1. The van der Waals surface area contributed by atoms with Crippen molar-refractivity contribution < 1.29 is 14.7 Å². The molecule has 0 spiro atoms. The van der Waals surface area contributed by atoms with Crippen LogP contribution in [0.15, 0.2) is 18.2 Å². The van der Waals surface area contributed by atoms with E-state index in [0.717, 1.165) is 12.8 Å². The Morgan fingerprint density at radius 3 is 2.71 bits per heavy atom. The number of halogens is 1. The number of amides is 2. The maximum absolute atomic E-state index is 12.2. The van der Waals surface area contributed by atoms with Gasteiger partial charge < -0.3 is 15.3 Å². The number of nitrogens with one attached hydrogen (secondary N) is 1. The highest BCUT2D eigenvalue weighted by Gasteiger charge is 2.32. The number of hydrogen-bond donors (Lipinski definition) is 2. The summed E-state index contributed by atoms with van der Waals surface area (Å²) in [6.45, 7) is 0.373. The third-order valence-electron chi connectivity index (χ3n) is 3.17. The average Bonchev–Trinajstić information content (AvgIpc) is 3.26. The van der Waals surface area contributed by atoms with Gasteiger partial charge >= 0.3 is 12.0 Å². The molecule has 1 aromatic carbocycles. The molecule has 1 saturated carbocycles. The highest BCUT2D eigenvalue weighted by atomic mass is 35.5. The van der Waals surface area contributed by atoms with E-state index in [4.69, 9.17) is 22.0 Å². The average molecular weight is 308 g/mol. The normalized spacial score (nSPS) is 13.3. The van der Waals surface area contributed by atoms with Crippen LogP contribution in [0.25, 0.3) is 0 Å². The van der Waals surface area contributed by atoms with Gasteiger partial charge in [-0.1, -0.05) is 11.6 Å². The number of rotatable bonds is 5. The van der Waals surface area contributed by atoms with E-state index in [1.807, 2.05) is 6.07 Å². The summed E-state index contributed by atoms with van der Waals surface area (Å²) in [5, 5.41) is 20.3. The fourth-order valence-corrected chi connectivity index (χ4v) is 2.17. The molecule has 0 radical (unpaired) electrons. The molecule has 0 bridgehead atoms. The Labute approximate surface area is 126 Å². The predicted octanol–water partition coefficient (Wildman–Crippen LogP) is 2.95. The first kappa shape index (κ1) is 15.1. The monoisotopic (exact) mass is 307 g/mol. The van der Waals surface area contributed by atoms with Gasteiger partial charge in [0.1, 0.15) is 0 Å². The maximum Gasteiger partial charge on any atom is 0.335 e. The van der Waals surface area contributed by atoms with Crippen molar-refractivity contribution in [1.82, 2.24) is 4.90 Å². The topological polar surface area (TPSA) is 93.4 Å². The van der Waals surface area contributed by atoms with Crippen molar-refractivity contribution in [3.8, 4) is 6.07 Å². The number of carbonyl (C=O) groups is 2. The molecular weight excluding hydrogens is 294 g/mol. The zero-order valence-corrected chi connectivity index (χ0v) is 11.9. The van der Waals surface area contributed by atoms with Gasteiger partial charge in [0, 0.05) is 12.6 Å². The first-order chi connectivity index (χ1) is 10.0. The molecule has 7 heteroatoms. The van der Waals surface area contributed by atoms with Crippen molar-refractivity contribution >= 4 is 29.3 Å². The number of carboxylic acids is 1. The van der Waals surface area contributed by atoms with Gasteiger partial charge in [-0.05, 0) is 31.0 Å².